The topological polar surface area (TPSA) is 38.7 Å². The zero-order valence-corrected chi connectivity index (χ0v) is 11.5. The van der Waals surface area contributed by atoms with Crippen LogP contribution in [0.2, 0.25) is 0 Å². The zero-order valence-electron chi connectivity index (χ0n) is 10.7. The van der Waals surface area contributed by atoms with E-state index in [0.717, 1.165) is 35.8 Å². The molecule has 0 bridgehead atoms. The van der Waals surface area contributed by atoms with Gasteiger partial charge in [-0.1, -0.05) is 6.07 Å². The molecule has 4 heteroatoms. The van der Waals surface area contributed by atoms with E-state index in [1.54, 1.807) is 7.11 Å². The molecule has 1 atom stereocenters. The van der Waals surface area contributed by atoms with Crippen molar-refractivity contribution in [3.05, 3.63) is 24.3 Å². The molecule has 3 nitrogen and oxygen atoms in total. The Morgan fingerprint density at radius 3 is 2.78 bits per heavy atom. The van der Waals surface area contributed by atoms with E-state index in [9.17, 15) is 5.11 Å². The molecule has 100 valence electrons. The van der Waals surface area contributed by atoms with E-state index in [4.69, 9.17) is 9.47 Å². The number of aliphatic hydroxyl groups excluding tert-OH is 1. The minimum Gasteiger partial charge on any atom is -0.497 e. The normalized spacial score (nSPS) is 18.3. The molecule has 0 amide bonds. The highest BCUT2D eigenvalue weighted by Crippen LogP contribution is 2.26. The summed E-state index contributed by atoms with van der Waals surface area (Å²) in [5, 5.41) is 10.1. The van der Waals surface area contributed by atoms with E-state index in [0.29, 0.717) is 12.5 Å². The Labute approximate surface area is 112 Å². The molecule has 1 heterocycles. The van der Waals surface area contributed by atoms with Gasteiger partial charge in [-0.15, -0.1) is 0 Å². The highest BCUT2D eigenvalue weighted by molar-refractivity contribution is 7.99. The van der Waals surface area contributed by atoms with Gasteiger partial charge in [-0.3, -0.25) is 0 Å². The second-order valence-corrected chi connectivity index (χ2v) is 5.73. The summed E-state index contributed by atoms with van der Waals surface area (Å²) in [7, 11) is 1.63. The van der Waals surface area contributed by atoms with Gasteiger partial charge >= 0.3 is 0 Å². The Balaban J connectivity index is 1.82. The molecular formula is C14H20O3S. The summed E-state index contributed by atoms with van der Waals surface area (Å²) in [5.41, 5.74) is 0. The number of methoxy groups -OCH3 is 1. The van der Waals surface area contributed by atoms with Gasteiger partial charge in [-0.05, 0) is 42.4 Å². The van der Waals surface area contributed by atoms with Gasteiger partial charge in [0.1, 0.15) is 18.1 Å². The van der Waals surface area contributed by atoms with Crippen molar-refractivity contribution in [3.8, 4) is 11.5 Å². The van der Waals surface area contributed by atoms with Crippen LogP contribution < -0.4 is 9.47 Å². The van der Waals surface area contributed by atoms with Gasteiger partial charge in [-0.25, -0.2) is 0 Å². The minimum atomic E-state index is -0.364. The van der Waals surface area contributed by atoms with Gasteiger partial charge in [0.15, 0.2) is 0 Å². The molecule has 0 radical (unpaired) electrons. The lowest BCUT2D eigenvalue weighted by Gasteiger charge is -2.26. The summed E-state index contributed by atoms with van der Waals surface area (Å²) >= 11 is 1.97. The maximum Gasteiger partial charge on any atom is 0.123 e. The van der Waals surface area contributed by atoms with Gasteiger partial charge in [0.05, 0.1) is 13.2 Å². The van der Waals surface area contributed by atoms with Crippen LogP contribution in [0.25, 0.3) is 0 Å². The first-order valence-corrected chi connectivity index (χ1v) is 7.47. The van der Waals surface area contributed by atoms with Crippen LogP contribution in [0.3, 0.4) is 0 Å². The van der Waals surface area contributed by atoms with Gasteiger partial charge < -0.3 is 14.6 Å². The number of rotatable bonds is 5. The quantitative estimate of drug-likeness (QED) is 0.891. The van der Waals surface area contributed by atoms with Gasteiger partial charge in [0.25, 0.3) is 0 Å². The Morgan fingerprint density at radius 1 is 1.33 bits per heavy atom. The summed E-state index contributed by atoms with van der Waals surface area (Å²) < 4.78 is 10.8. The number of ether oxygens (including phenoxy) is 2. The fraction of sp³-hybridized carbons (Fsp3) is 0.571. The van der Waals surface area contributed by atoms with Crippen LogP contribution in [0.1, 0.15) is 12.8 Å². The number of hydrogen-bond acceptors (Lipinski definition) is 4. The lowest BCUT2D eigenvalue weighted by molar-refractivity contribution is 0.0534. The molecule has 1 aliphatic rings. The molecule has 1 saturated heterocycles. The average molecular weight is 268 g/mol. The number of hydrogen-bond donors (Lipinski definition) is 1. The van der Waals surface area contributed by atoms with Crippen molar-refractivity contribution < 1.29 is 14.6 Å². The predicted octanol–water partition coefficient (Wildman–Crippen LogP) is 2.58. The van der Waals surface area contributed by atoms with Crippen LogP contribution in [-0.4, -0.2) is 36.4 Å². The van der Waals surface area contributed by atoms with Crippen molar-refractivity contribution in [2.24, 2.45) is 5.92 Å². The number of aliphatic hydroxyl groups is 1. The van der Waals surface area contributed by atoms with E-state index in [1.807, 2.05) is 36.0 Å². The minimum absolute atomic E-state index is 0.364. The van der Waals surface area contributed by atoms with Crippen molar-refractivity contribution in [3.63, 3.8) is 0 Å². The lowest BCUT2D eigenvalue weighted by atomic mass is 9.96. The van der Waals surface area contributed by atoms with Crippen molar-refractivity contribution in [1.29, 1.82) is 0 Å². The van der Waals surface area contributed by atoms with Crippen LogP contribution >= 0.6 is 11.8 Å². The molecule has 1 N–H and O–H groups in total. The first-order chi connectivity index (χ1) is 8.79. The van der Waals surface area contributed by atoms with Crippen molar-refractivity contribution >= 4 is 11.8 Å². The monoisotopic (exact) mass is 268 g/mol. The lowest BCUT2D eigenvalue weighted by Crippen LogP contribution is -2.30. The molecule has 0 saturated carbocycles. The van der Waals surface area contributed by atoms with E-state index >= 15 is 0 Å². The van der Waals surface area contributed by atoms with E-state index < -0.39 is 0 Å². The van der Waals surface area contributed by atoms with Crippen molar-refractivity contribution in [2.45, 2.75) is 18.9 Å². The summed E-state index contributed by atoms with van der Waals surface area (Å²) in [6, 6.07) is 7.48. The molecule has 18 heavy (non-hydrogen) atoms. The van der Waals surface area contributed by atoms with E-state index in [1.165, 1.54) is 0 Å². The molecule has 1 unspecified atom stereocenters. The Hall–Kier alpha value is -0.870. The maximum atomic E-state index is 10.1. The predicted molar refractivity (Wildman–Crippen MR) is 74.5 cm³/mol. The first kappa shape index (κ1) is 13.6. The van der Waals surface area contributed by atoms with Gasteiger partial charge in [-0.2, -0.15) is 11.8 Å². The van der Waals surface area contributed by atoms with E-state index in [2.05, 4.69) is 0 Å². The van der Waals surface area contributed by atoms with Gasteiger partial charge in [0, 0.05) is 6.07 Å². The van der Waals surface area contributed by atoms with Crippen LogP contribution in [0, 0.1) is 5.92 Å². The van der Waals surface area contributed by atoms with Gasteiger partial charge in [0.2, 0.25) is 0 Å². The molecular weight excluding hydrogens is 248 g/mol. The number of thioether (sulfide) groups is 1. The molecule has 1 aliphatic heterocycles. The van der Waals surface area contributed by atoms with E-state index in [-0.39, 0.29) is 6.10 Å². The van der Waals surface area contributed by atoms with Crippen molar-refractivity contribution in [1.82, 2.24) is 0 Å². The molecule has 1 fully saturated rings. The zero-order chi connectivity index (χ0) is 12.8. The number of benzene rings is 1. The summed E-state index contributed by atoms with van der Waals surface area (Å²) in [5.74, 6) is 4.22. The summed E-state index contributed by atoms with van der Waals surface area (Å²) in [6.07, 6.45) is 1.82. The Kier molecular flexibility index (Phi) is 5.20. The third-order valence-electron chi connectivity index (χ3n) is 3.27. The molecule has 0 aliphatic carbocycles. The van der Waals surface area contributed by atoms with Crippen LogP contribution in [-0.2, 0) is 0 Å². The molecule has 1 aromatic carbocycles. The van der Waals surface area contributed by atoms with Crippen LogP contribution in [0.4, 0.5) is 0 Å². The second-order valence-electron chi connectivity index (χ2n) is 4.51. The Bertz CT molecular complexity index is 364. The summed E-state index contributed by atoms with van der Waals surface area (Å²) in [6.45, 7) is 0.364. The third-order valence-corrected chi connectivity index (χ3v) is 4.32. The fourth-order valence-corrected chi connectivity index (χ4v) is 3.25. The van der Waals surface area contributed by atoms with Crippen LogP contribution in [0.5, 0.6) is 11.5 Å². The largest absolute Gasteiger partial charge is 0.497 e. The smallest absolute Gasteiger partial charge is 0.123 e. The second kappa shape index (κ2) is 6.90. The molecule has 0 aromatic heterocycles. The first-order valence-electron chi connectivity index (χ1n) is 6.32. The summed E-state index contributed by atoms with van der Waals surface area (Å²) in [4.78, 5) is 0. The molecule has 1 aromatic rings. The highest BCUT2D eigenvalue weighted by atomic mass is 32.2. The molecule has 2 rings (SSSR count). The standard InChI is InChI=1S/C14H20O3S/c1-16-12-3-2-4-13(9-12)17-10-14(15)11-5-7-18-8-6-11/h2-4,9,11,14-15H,5-8,10H2,1H3. The third kappa shape index (κ3) is 3.82. The average Bonchev–Trinajstić information content (AvgIpc) is 2.46. The Morgan fingerprint density at radius 2 is 2.06 bits per heavy atom. The maximum absolute atomic E-state index is 10.1. The molecule has 0 spiro atoms. The highest BCUT2D eigenvalue weighted by Gasteiger charge is 2.22. The van der Waals surface area contributed by atoms with Crippen LogP contribution in [0.15, 0.2) is 24.3 Å². The SMILES string of the molecule is COc1cccc(OCC(O)C2CCSCC2)c1. The fourth-order valence-electron chi connectivity index (χ4n) is 2.11. The van der Waals surface area contributed by atoms with Crippen molar-refractivity contribution in [2.75, 3.05) is 25.2 Å².